The van der Waals surface area contributed by atoms with Crippen LogP contribution in [0.2, 0.25) is 0 Å². The number of halogens is 1. The number of nitrogens with one attached hydrogen (secondary N) is 1. The number of carboxylic acid groups (broad SMARTS) is 1. The Balaban J connectivity index is 1.54. The molecular formula is C19H23FN2O3. The molecule has 0 aromatic heterocycles. The van der Waals surface area contributed by atoms with Gasteiger partial charge in [0.25, 0.3) is 0 Å². The molecule has 0 spiro atoms. The maximum Gasteiger partial charge on any atom is 0.227 e. The molecule has 5 nitrogen and oxygen atoms in total. The normalized spacial score (nSPS) is 24.3. The Bertz CT molecular complexity index is 651. The monoisotopic (exact) mass is 346 g/mol. The molecule has 2 atom stereocenters. The summed E-state index contributed by atoms with van der Waals surface area (Å²) in [4.78, 5) is 27.1. The van der Waals surface area contributed by atoms with Crippen LogP contribution in [0, 0.1) is 17.7 Å². The zero-order valence-corrected chi connectivity index (χ0v) is 14.1. The minimum atomic E-state index is -1.14. The lowest BCUT2D eigenvalue weighted by atomic mass is 9.82. The van der Waals surface area contributed by atoms with Gasteiger partial charge < -0.3 is 19.7 Å². The summed E-state index contributed by atoms with van der Waals surface area (Å²) < 4.78 is 13.0. The fraction of sp³-hybridized carbons (Fsp3) is 0.474. The second-order valence-corrected chi connectivity index (χ2v) is 6.85. The standard InChI is InChI=1S/C19H23FN2O3/c20-15-7-5-14(6-8-15)13-21-9-11-22(12-10-21)18(23)16-3-1-2-4-17(16)19(24)25/h1-2,5-8,16-17H,3-4,9-13H2,(H,24,25)/t16-,17+/m0/s1. The second kappa shape index (κ2) is 7.78. The molecule has 1 amide bonds. The van der Waals surface area contributed by atoms with E-state index in [-0.39, 0.29) is 11.7 Å². The lowest BCUT2D eigenvalue weighted by molar-refractivity contribution is -0.917. The number of aliphatic carboxylic acids is 1. The SMILES string of the molecule is O=C([O-])[C@@H]1CC=CC[C@@H]1C(=O)N1CC[NH+](Cc2ccc(F)cc2)CC1. The summed E-state index contributed by atoms with van der Waals surface area (Å²) in [6, 6.07) is 6.51. The van der Waals surface area contributed by atoms with E-state index in [9.17, 15) is 19.1 Å². The minimum absolute atomic E-state index is 0.0700. The van der Waals surface area contributed by atoms with Gasteiger partial charge in [-0.3, -0.25) is 4.79 Å². The zero-order chi connectivity index (χ0) is 17.8. The first-order valence-electron chi connectivity index (χ1n) is 8.77. The summed E-state index contributed by atoms with van der Waals surface area (Å²) in [6.07, 6.45) is 4.54. The van der Waals surface area contributed by atoms with Crippen LogP contribution in [0.4, 0.5) is 4.39 Å². The van der Waals surface area contributed by atoms with Crippen molar-refractivity contribution in [3.05, 3.63) is 47.8 Å². The summed E-state index contributed by atoms with van der Waals surface area (Å²) in [5.74, 6) is -2.67. The van der Waals surface area contributed by atoms with Gasteiger partial charge in [-0.25, -0.2) is 4.39 Å². The first-order chi connectivity index (χ1) is 12.0. The predicted octanol–water partition coefficient (Wildman–Crippen LogP) is -0.615. The molecule has 3 rings (SSSR count). The van der Waals surface area contributed by atoms with Crippen LogP contribution in [-0.4, -0.2) is 43.0 Å². The van der Waals surface area contributed by atoms with E-state index in [1.807, 2.05) is 12.2 Å². The minimum Gasteiger partial charge on any atom is -0.550 e. The molecule has 0 saturated carbocycles. The zero-order valence-electron chi connectivity index (χ0n) is 14.1. The predicted molar refractivity (Wildman–Crippen MR) is 87.7 cm³/mol. The number of quaternary nitrogens is 1. The molecule has 0 radical (unpaired) electrons. The van der Waals surface area contributed by atoms with E-state index in [2.05, 4.69) is 0 Å². The molecule has 1 aromatic carbocycles. The van der Waals surface area contributed by atoms with E-state index in [0.29, 0.717) is 25.9 Å². The number of carbonyl (C=O) groups is 2. The van der Waals surface area contributed by atoms with E-state index in [0.717, 1.165) is 25.2 Å². The van der Waals surface area contributed by atoms with Crippen molar-refractivity contribution in [2.24, 2.45) is 11.8 Å². The molecule has 0 bridgehead atoms. The first-order valence-corrected chi connectivity index (χ1v) is 8.77. The van der Waals surface area contributed by atoms with Crippen LogP contribution < -0.4 is 10.0 Å². The van der Waals surface area contributed by atoms with Crippen molar-refractivity contribution in [3.63, 3.8) is 0 Å². The third-order valence-corrected chi connectivity index (χ3v) is 5.20. The fourth-order valence-corrected chi connectivity index (χ4v) is 3.69. The number of rotatable bonds is 4. The van der Waals surface area contributed by atoms with Crippen molar-refractivity contribution in [1.29, 1.82) is 0 Å². The van der Waals surface area contributed by atoms with Crippen molar-refractivity contribution in [1.82, 2.24) is 4.90 Å². The number of piperazine rings is 1. The number of nitrogens with zero attached hydrogens (tertiary/aromatic N) is 1. The van der Waals surface area contributed by atoms with Crippen LogP contribution in [-0.2, 0) is 16.1 Å². The van der Waals surface area contributed by atoms with Crippen LogP contribution in [0.25, 0.3) is 0 Å². The number of carboxylic acids is 1. The van der Waals surface area contributed by atoms with E-state index in [4.69, 9.17) is 0 Å². The summed E-state index contributed by atoms with van der Waals surface area (Å²) in [5, 5.41) is 11.3. The number of hydrogen-bond donors (Lipinski definition) is 1. The van der Waals surface area contributed by atoms with E-state index < -0.39 is 17.8 Å². The van der Waals surface area contributed by atoms with Gasteiger partial charge in [-0.1, -0.05) is 24.3 Å². The Morgan fingerprint density at radius 1 is 1.08 bits per heavy atom. The second-order valence-electron chi connectivity index (χ2n) is 6.85. The van der Waals surface area contributed by atoms with Crippen molar-refractivity contribution in [2.75, 3.05) is 26.2 Å². The van der Waals surface area contributed by atoms with Crippen LogP contribution in [0.5, 0.6) is 0 Å². The molecule has 1 aliphatic carbocycles. The Kier molecular flexibility index (Phi) is 5.48. The molecule has 1 aromatic rings. The average Bonchev–Trinajstić information content (AvgIpc) is 2.63. The highest BCUT2D eigenvalue weighted by molar-refractivity contribution is 5.84. The number of hydrogen-bond acceptors (Lipinski definition) is 3. The largest absolute Gasteiger partial charge is 0.550 e. The Hall–Kier alpha value is -2.21. The highest BCUT2D eigenvalue weighted by Gasteiger charge is 2.34. The fourth-order valence-electron chi connectivity index (χ4n) is 3.69. The molecule has 1 heterocycles. The highest BCUT2D eigenvalue weighted by Crippen LogP contribution is 2.27. The molecule has 1 saturated heterocycles. The van der Waals surface area contributed by atoms with Gasteiger partial charge in [0, 0.05) is 23.4 Å². The van der Waals surface area contributed by atoms with Crippen molar-refractivity contribution >= 4 is 11.9 Å². The summed E-state index contributed by atoms with van der Waals surface area (Å²) >= 11 is 0. The maximum atomic E-state index is 13.0. The summed E-state index contributed by atoms with van der Waals surface area (Å²) in [6.45, 7) is 3.66. The van der Waals surface area contributed by atoms with Gasteiger partial charge in [0.1, 0.15) is 12.4 Å². The third kappa shape index (κ3) is 4.25. The van der Waals surface area contributed by atoms with Gasteiger partial charge in [0.05, 0.1) is 26.2 Å². The van der Waals surface area contributed by atoms with Gasteiger partial charge in [-0.15, -0.1) is 0 Å². The van der Waals surface area contributed by atoms with Gasteiger partial charge in [-0.2, -0.15) is 0 Å². The van der Waals surface area contributed by atoms with E-state index in [1.165, 1.54) is 17.0 Å². The Morgan fingerprint density at radius 3 is 2.28 bits per heavy atom. The van der Waals surface area contributed by atoms with E-state index in [1.54, 1.807) is 17.0 Å². The average molecular weight is 346 g/mol. The number of allylic oxidation sites excluding steroid dienone is 2. The highest BCUT2D eigenvalue weighted by atomic mass is 19.1. The Labute approximate surface area is 146 Å². The van der Waals surface area contributed by atoms with Crippen molar-refractivity contribution < 1.29 is 24.0 Å². The molecule has 25 heavy (non-hydrogen) atoms. The van der Waals surface area contributed by atoms with Crippen LogP contribution in [0.1, 0.15) is 18.4 Å². The molecule has 134 valence electrons. The van der Waals surface area contributed by atoms with Crippen molar-refractivity contribution in [2.45, 2.75) is 19.4 Å². The summed E-state index contributed by atoms with van der Waals surface area (Å²) in [7, 11) is 0. The van der Waals surface area contributed by atoms with Crippen LogP contribution in [0.15, 0.2) is 36.4 Å². The number of carbonyl (C=O) groups excluding carboxylic acids is 2. The van der Waals surface area contributed by atoms with Gasteiger partial charge in [-0.05, 0) is 25.0 Å². The molecular weight excluding hydrogens is 323 g/mol. The van der Waals surface area contributed by atoms with Gasteiger partial charge >= 0.3 is 0 Å². The Morgan fingerprint density at radius 2 is 1.68 bits per heavy atom. The molecule has 1 fully saturated rings. The summed E-state index contributed by atoms with van der Waals surface area (Å²) in [5.41, 5.74) is 1.07. The van der Waals surface area contributed by atoms with Crippen LogP contribution >= 0.6 is 0 Å². The van der Waals surface area contributed by atoms with Gasteiger partial charge in [0.2, 0.25) is 5.91 Å². The van der Waals surface area contributed by atoms with Crippen LogP contribution in [0.3, 0.4) is 0 Å². The van der Waals surface area contributed by atoms with Crippen molar-refractivity contribution in [3.8, 4) is 0 Å². The quantitative estimate of drug-likeness (QED) is 0.740. The first kappa shape index (κ1) is 17.6. The lowest BCUT2D eigenvalue weighted by Crippen LogP contribution is -3.13. The molecule has 1 aliphatic heterocycles. The maximum absolute atomic E-state index is 13.0. The number of amides is 1. The smallest absolute Gasteiger partial charge is 0.227 e. The molecule has 0 unspecified atom stereocenters. The molecule has 2 aliphatic rings. The lowest BCUT2D eigenvalue weighted by Gasteiger charge is -2.37. The molecule has 6 heteroatoms. The number of benzene rings is 1. The van der Waals surface area contributed by atoms with E-state index >= 15 is 0 Å². The topological polar surface area (TPSA) is 64.9 Å². The molecule has 1 N–H and O–H groups in total. The van der Waals surface area contributed by atoms with Gasteiger partial charge in [0.15, 0.2) is 0 Å². The third-order valence-electron chi connectivity index (χ3n) is 5.20.